The summed E-state index contributed by atoms with van der Waals surface area (Å²) in [4.78, 5) is 4.14. The molecule has 0 N–H and O–H groups in total. The number of fused-ring (bicyclic) bond motifs is 1. The second-order valence-corrected chi connectivity index (χ2v) is 6.10. The minimum atomic E-state index is -3.54. The zero-order chi connectivity index (χ0) is 11.1. The Morgan fingerprint density at radius 2 is 2.20 bits per heavy atom. The van der Waals surface area contributed by atoms with Crippen molar-refractivity contribution in [2.75, 3.05) is 0 Å². The monoisotopic (exact) mass is 244 g/mol. The molecule has 4 nitrogen and oxygen atoms in total. The van der Waals surface area contributed by atoms with Gasteiger partial charge in [-0.05, 0) is 11.6 Å². The van der Waals surface area contributed by atoms with E-state index in [-0.39, 0.29) is 5.75 Å². The van der Waals surface area contributed by atoms with Crippen molar-refractivity contribution in [3.63, 3.8) is 0 Å². The predicted molar refractivity (Wildman–Crippen MR) is 59.2 cm³/mol. The molecule has 0 bridgehead atoms. The van der Waals surface area contributed by atoms with Gasteiger partial charge in [-0.3, -0.25) is 0 Å². The number of aryl methyl sites for hydroxylation is 1. The molecular weight excluding hydrogens is 236 g/mol. The Morgan fingerprint density at radius 1 is 1.47 bits per heavy atom. The average Bonchev–Trinajstić information content (AvgIpc) is 2.47. The van der Waals surface area contributed by atoms with Gasteiger partial charge in [0.1, 0.15) is 0 Å². The van der Waals surface area contributed by atoms with Gasteiger partial charge >= 0.3 is 0 Å². The maximum Gasteiger partial charge on any atom is 0.236 e. The van der Waals surface area contributed by atoms with E-state index in [1.807, 2.05) is 17.7 Å². The quantitative estimate of drug-likeness (QED) is 0.755. The maximum atomic E-state index is 11.0. The number of para-hydroxylation sites is 1. The van der Waals surface area contributed by atoms with E-state index in [9.17, 15) is 8.42 Å². The maximum absolute atomic E-state index is 11.0. The zero-order valence-electron chi connectivity index (χ0n) is 8.01. The molecule has 1 aromatic carbocycles. The molecule has 0 fully saturated rings. The van der Waals surface area contributed by atoms with Crippen molar-refractivity contribution in [3.8, 4) is 0 Å². The first kappa shape index (κ1) is 10.4. The molecule has 0 saturated carbocycles. The number of aromatic nitrogens is 2. The predicted octanol–water partition coefficient (Wildman–Crippen LogP) is 1.64. The normalized spacial score (nSPS) is 12.1. The lowest BCUT2D eigenvalue weighted by Crippen LogP contribution is -1.96. The smallest absolute Gasteiger partial charge is 0.236 e. The van der Waals surface area contributed by atoms with Crippen LogP contribution in [0.1, 0.15) is 5.56 Å². The van der Waals surface area contributed by atoms with Crippen LogP contribution in [0.4, 0.5) is 0 Å². The second kappa shape index (κ2) is 3.50. The highest BCUT2D eigenvalue weighted by molar-refractivity contribution is 8.13. The molecule has 2 rings (SSSR count). The molecule has 0 saturated heterocycles. The van der Waals surface area contributed by atoms with Gasteiger partial charge in [-0.15, -0.1) is 0 Å². The highest BCUT2D eigenvalue weighted by atomic mass is 35.7. The molecule has 0 aliphatic heterocycles. The zero-order valence-corrected chi connectivity index (χ0v) is 9.59. The lowest BCUT2D eigenvalue weighted by atomic mass is 10.2. The van der Waals surface area contributed by atoms with Crippen molar-refractivity contribution in [2.45, 2.75) is 5.75 Å². The van der Waals surface area contributed by atoms with E-state index in [4.69, 9.17) is 10.7 Å². The standard InChI is InChI=1S/C9H9ClN2O2S/c1-12-6-11-9-7(5-15(10,13)14)3-2-4-8(9)12/h2-4,6H,5H2,1H3. The van der Waals surface area contributed by atoms with Crippen LogP contribution in [0.5, 0.6) is 0 Å². The summed E-state index contributed by atoms with van der Waals surface area (Å²) in [7, 11) is 3.53. The number of halogens is 1. The molecule has 0 unspecified atom stereocenters. The van der Waals surface area contributed by atoms with Crippen LogP contribution in [0.2, 0.25) is 0 Å². The van der Waals surface area contributed by atoms with Crippen molar-refractivity contribution in [2.24, 2.45) is 7.05 Å². The number of hydrogen-bond donors (Lipinski definition) is 0. The molecular formula is C9H9ClN2O2S. The van der Waals surface area contributed by atoms with E-state index < -0.39 is 9.05 Å². The van der Waals surface area contributed by atoms with Gasteiger partial charge in [-0.25, -0.2) is 13.4 Å². The Kier molecular flexibility index (Phi) is 2.44. The van der Waals surface area contributed by atoms with Crippen molar-refractivity contribution in [1.82, 2.24) is 9.55 Å². The molecule has 0 aliphatic carbocycles. The SMILES string of the molecule is Cn1cnc2c(CS(=O)(=O)Cl)cccc21. The van der Waals surface area contributed by atoms with E-state index in [2.05, 4.69) is 4.98 Å². The molecule has 0 amide bonds. The van der Waals surface area contributed by atoms with Crippen LogP contribution >= 0.6 is 10.7 Å². The van der Waals surface area contributed by atoms with Gasteiger partial charge < -0.3 is 4.57 Å². The third-order valence-electron chi connectivity index (χ3n) is 2.17. The van der Waals surface area contributed by atoms with Crippen LogP contribution in [-0.4, -0.2) is 18.0 Å². The first-order chi connectivity index (χ1) is 6.97. The summed E-state index contributed by atoms with van der Waals surface area (Å²) in [5.41, 5.74) is 2.21. The van der Waals surface area contributed by atoms with Crippen LogP contribution in [0.15, 0.2) is 24.5 Å². The van der Waals surface area contributed by atoms with Gasteiger partial charge in [0.2, 0.25) is 9.05 Å². The van der Waals surface area contributed by atoms with E-state index in [0.29, 0.717) is 11.1 Å². The second-order valence-electron chi connectivity index (χ2n) is 3.32. The fourth-order valence-corrected chi connectivity index (χ4v) is 2.48. The lowest BCUT2D eigenvalue weighted by Gasteiger charge is -2.00. The molecule has 1 heterocycles. The molecule has 2 aromatic rings. The first-order valence-electron chi connectivity index (χ1n) is 4.28. The Hall–Kier alpha value is -1.07. The van der Waals surface area contributed by atoms with Gasteiger partial charge in [0, 0.05) is 17.7 Å². The summed E-state index contributed by atoms with van der Waals surface area (Å²) in [6.45, 7) is 0. The Bertz CT molecular complexity index is 604. The van der Waals surface area contributed by atoms with Crippen LogP contribution in [0, 0.1) is 0 Å². The van der Waals surface area contributed by atoms with Gasteiger partial charge in [0.05, 0.1) is 23.1 Å². The Labute approximate surface area is 91.9 Å². The van der Waals surface area contributed by atoms with Crippen molar-refractivity contribution in [1.29, 1.82) is 0 Å². The van der Waals surface area contributed by atoms with Crippen molar-refractivity contribution >= 4 is 30.8 Å². The number of benzene rings is 1. The van der Waals surface area contributed by atoms with E-state index in [0.717, 1.165) is 5.52 Å². The van der Waals surface area contributed by atoms with Gasteiger partial charge in [0.25, 0.3) is 0 Å². The molecule has 1 aromatic heterocycles. The van der Waals surface area contributed by atoms with Gasteiger partial charge in [0.15, 0.2) is 0 Å². The van der Waals surface area contributed by atoms with Crippen LogP contribution in [0.25, 0.3) is 11.0 Å². The summed E-state index contributed by atoms with van der Waals surface area (Å²) in [6.07, 6.45) is 1.65. The summed E-state index contributed by atoms with van der Waals surface area (Å²) >= 11 is 0. The van der Waals surface area contributed by atoms with Gasteiger partial charge in [-0.2, -0.15) is 0 Å². The highest BCUT2D eigenvalue weighted by Gasteiger charge is 2.12. The fourth-order valence-electron chi connectivity index (χ4n) is 1.52. The first-order valence-corrected chi connectivity index (χ1v) is 6.76. The summed E-state index contributed by atoms with van der Waals surface area (Å²) < 4.78 is 23.8. The van der Waals surface area contributed by atoms with E-state index >= 15 is 0 Å². The molecule has 6 heteroatoms. The number of nitrogens with zero attached hydrogens (tertiary/aromatic N) is 2. The third kappa shape index (κ3) is 2.13. The lowest BCUT2D eigenvalue weighted by molar-refractivity contribution is 0.609. The molecule has 0 aliphatic rings. The fraction of sp³-hybridized carbons (Fsp3) is 0.222. The van der Waals surface area contributed by atoms with E-state index in [1.165, 1.54) is 0 Å². The minimum Gasteiger partial charge on any atom is -0.334 e. The summed E-state index contributed by atoms with van der Waals surface area (Å²) in [5, 5.41) is 0. The van der Waals surface area contributed by atoms with Crippen molar-refractivity contribution in [3.05, 3.63) is 30.1 Å². The topological polar surface area (TPSA) is 52.0 Å². The van der Waals surface area contributed by atoms with E-state index in [1.54, 1.807) is 18.5 Å². The van der Waals surface area contributed by atoms with Crippen molar-refractivity contribution < 1.29 is 8.42 Å². The Balaban J connectivity index is 2.62. The van der Waals surface area contributed by atoms with Crippen LogP contribution in [-0.2, 0) is 21.9 Å². The van der Waals surface area contributed by atoms with Crippen LogP contribution in [0.3, 0.4) is 0 Å². The molecule has 15 heavy (non-hydrogen) atoms. The largest absolute Gasteiger partial charge is 0.334 e. The third-order valence-corrected chi connectivity index (χ3v) is 3.15. The molecule has 0 spiro atoms. The number of imidazole rings is 1. The number of rotatable bonds is 2. The molecule has 0 radical (unpaired) electrons. The number of hydrogen-bond acceptors (Lipinski definition) is 3. The van der Waals surface area contributed by atoms with Crippen LogP contribution < -0.4 is 0 Å². The highest BCUT2D eigenvalue weighted by Crippen LogP contribution is 2.19. The summed E-state index contributed by atoms with van der Waals surface area (Å²) in [6, 6.07) is 5.39. The Morgan fingerprint density at radius 3 is 2.87 bits per heavy atom. The summed E-state index contributed by atoms with van der Waals surface area (Å²) in [5.74, 6) is -0.192. The average molecular weight is 245 g/mol. The molecule has 0 atom stereocenters. The van der Waals surface area contributed by atoms with Gasteiger partial charge in [-0.1, -0.05) is 12.1 Å². The minimum absolute atomic E-state index is 0.192. The molecule has 80 valence electrons.